The van der Waals surface area contributed by atoms with E-state index in [1.807, 2.05) is 0 Å². The quantitative estimate of drug-likeness (QED) is 0.771. The van der Waals surface area contributed by atoms with Crippen LogP contribution in [0.2, 0.25) is 0 Å². The summed E-state index contributed by atoms with van der Waals surface area (Å²) in [5.41, 5.74) is 2.79. The van der Waals surface area contributed by atoms with Gasteiger partial charge in [-0.1, -0.05) is 52.0 Å². The third-order valence-corrected chi connectivity index (χ3v) is 3.72. The third kappa shape index (κ3) is 4.96. The Labute approximate surface area is 118 Å². The maximum absolute atomic E-state index is 5.59. The molecule has 108 valence electrons. The molecule has 0 heterocycles. The van der Waals surface area contributed by atoms with E-state index in [-0.39, 0.29) is 6.10 Å². The summed E-state index contributed by atoms with van der Waals surface area (Å²) in [4.78, 5) is 0. The normalized spacial score (nSPS) is 14.6. The molecule has 19 heavy (non-hydrogen) atoms. The summed E-state index contributed by atoms with van der Waals surface area (Å²) in [5, 5.41) is 3.55. The lowest BCUT2D eigenvalue weighted by Crippen LogP contribution is -2.42. The fraction of sp³-hybridized carbons (Fsp3) is 0.647. The number of hydrogen-bond acceptors (Lipinski definition) is 2. The van der Waals surface area contributed by atoms with E-state index in [2.05, 4.69) is 57.3 Å². The summed E-state index contributed by atoms with van der Waals surface area (Å²) in [5.74, 6) is 0.598. The molecular weight excluding hydrogens is 234 g/mol. The van der Waals surface area contributed by atoms with Gasteiger partial charge in [0.2, 0.25) is 0 Å². The molecule has 1 aromatic carbocycles. The second-order valence-electron chi connectivity index (χ2n) is 5.45. The number of rotatable bonds is 8. The maximum Gasteiger partial charge on any atom is 0.0724 e. The summed E-state index contributed by atoms with van der Waals surface area (Å²) < 4.78 is 5.59. The molecule has 0 saturated carbocycles. The number of ether oxygens (including phenoxy) is 1. The first-order valence-electron chi connectivity index (χ1n) is 7.47. The smallest absolute Gasteiger partial charge is 0.0724 e. The Morgan fingerprint density at radius 1 is 1.11 bits per heavy atom. The fourth-order valence-electron chi connectivity index (χ4n) is 2.51. The van der Waals surface area contributed by atoms with E-state index in [1.54, 1.807) is 7.11 Å². The molecule has 0 fully saturated rings. The van der Waals surface area contributed by atoms with Crippen LogP contribution in [0.1, 0.15) is 51.2 Å². The van der Waals surface area contributed by atoms with Crippen molar-refractivity contribution in [2.24, 2.45) is 0 Å². The van der Waals surface area contributed by atoms with E-state index < -0.39 is 0 Å². The molecule has 1 aromatic rings. The zero-order chi connectivity index (χ0) is 14.3. The first-order valence-corrected chi connectivity index (χ1v) is 7.47. The summed E-state index contributed by atoms with van der Waals surface area (Å²) in [6.07, 6.45) is 2.35. The van der Waals surface area contributed by atoms with Crippen LogP contribution in [0.15, 0.2) is 24.3 Å². The maximum atomic E-state index is 5.59. The van der Waals surface area contributed by atoms with Crippen LogP contribution in [-0.4, -0.2) is 25.8 Å². The Kier molecular flexibility index (Phi) is 7.11. The molecule has 2 unspecified atom stereocenters. The minimum Gasteiger partial charge on any atom is -0.380 e. The summed E-state index contributed by atoms with van der Waals surface area (Å²) in [6, 6.07) is 9.39. The number of methoxy groups -OCH3 is 1. The van der Waals surface area contributed by atoms with E-state index in [4.69, 9.17) is 4.74 Å². The van der Waals surface area contributed by atoms with Crippen molar-refractivity contribution in [3.8, 4) is 0 Å². The van der Waals surface area contributed by atoms with Crippen LogP contribution in [-0.2, 0) is 11.2 Å². The minimum absolute atomic E-state index is 0.282. The number of benzene rings is 1. The van der Waals surface area contributed by atoms with Crippen molar-refractivity contribution in [1.29, 1.82) is 0 Å². The first-order chi connectivity index (χ1) is 9.12. The summed E-state index contributed by atoms with van der Waals surface area (Å²) in [6.45, 7) is 9.77. The van der Waals surface area contributed by atoms with Gasteiger partial charge in [-0.05, 0) is 36.4 Å². The standard InChI is InChI=1S/C17H29NO/c1-6-17(19-5)16(18-7-2)12-14-8-10-15(11-9-14)13(3)4/h8-11,13,16-18H,6-7,12H2,1-5H3. The highest BCUT2D eigenvalue weighted by Crippen LogP contribution is 2.17. The van der Waals surface area contributed by atoms with Crippen LogP contribution in [0.3, 0.4) is 0 Å². The minimum atomic E-state index is 0.282. The van der Waals surface area contributed by atoms with Gasteiger partial charge < -0.3 is 10.1 Å². The van der Waals surface area contributed by atoms with Gasteiger partial charge in [0.05, 0.1) is 6.10 Å². The molecule has 0 bridgehead atoms. The van der Waals surface area contributed by atoms with Crippen molar-refractivity contribution in [2.75, 3.05) is 13.7 Å². The molecule has 2 heteroatoms. The van der Waals surface area contributed by atoms with E-state index in [1.165, 1.54) is 11.1 Å². The number of hydrogen-bond donors (Lipinski definition) is 1. The van der Waals surface area contributed by atoms with E-state index in [9.17, 15) is 0 Å². The van der Waals surface area contributed by atoms with Crippen LogP contribution in [0, 0.1) is 0 Å². The molecule has 0 saturated heterocycles. The third-order valence-electron chi connectivity index (χ3n) is 3.72. The lowest BCUT2D eigenvalue weighted by atomic mass is 9.96. The molecule has 0 spiro atoms. The molecule has 1 rings (SSSR count). The van der Waals surface area contributed by atoms with Gasteiger partial charge in [0.15, 0.2) is 0 Å². The molecule has 0 aliphatic carbocycles. The fourth-order valence-corrected chi connectivity index (χ4v) is 2.51. The Morgan fingerprint density at radius 3 is 2.16 bits per heavy atom. The van der Waals surface area contributed by atoms with Gasteiger partial charge >= 0.3 is 0 Å². The highest BCUT2D eigenvalue weighted by Gasteiger charge is 2.18. The Bertz CT molecular complexity index is 341. The van der Waals surface area contributed by atoms with Crippen LogP contribution in [0.4, 0.5) is 0 Å². The Balaban J connectivity index is 2.72. The molecule has 0 aliphatic rings. The molecule has 2 atom stereocenters. The second-order valence-corrected chi connectivity index (χ2v) is 5.45. The van der Waals surface area contributed by atoms with Crippen LogP contribution < -0.4 is 5.32 Å². The van der Waals surface area contributed by atoms with Crippen LogP contribution in [0.25, 0.3) is 0 Å². The average Bonchev–Trinajstić information content (AvgIpc) is 2.41. The predicted octanol–water partition coefficient (Wildman–Crippen LogP) is 3.76. The van der Waals surface area contributed by atoms with Crippen molar-refractivity contribution >= 4 is 0 Å². The van der Waals surface area contributed by atoms with Gasteiger partial charge in [0.1, 0.15) is 0 Å². The highest BCUT2D eigenvalue weighted by molar-refractivity contribution is 5.25. The zero-order valence-corrected chi connectivity index (χ0v) is 13.1. The molecule has 0 amide bonds. The Hall–Kier alpha value is -0.860. The monoisotopic (exact) mass is 263 g/mol. The van der Waals surface area contributed by atoms with Gasteiger partial charge in [-0.3, -0.25) is 0 Å². The van der Waals surface area contributed by atoms with Crippen molar-refractivity contribution in [3.05, 3.63) is 35.4 Å². The van der Waals surface area contributed by atoms with Crippen molar-refractivity contribution in [1.82, 2.24) is 5.32 Å². The average molecular weight is 263 g/mol. The molecular formula is C17H29NO. The molecule has 1 N–H and O–H groups in total. The first kappa shape index (κ1) is 16.2. The lowest BCUT2D eigenvalue weighted by molar-refractivity contribution is 0.0658. The van der Waals surface area contributed by atoms with Crippen LogP contribution >= 0.6 is 0 Å². The van der Waals surface area contributed by atoms with Crippen LogP contribution in [0.5, 0.6) is 0 Å². The van der Waals surface area contributed by atoms with Gasteiger partial charge in [-0.2, -0.15) is 0 Å². The highest BCUT2D eigenvalue weighted by atomic mass is 16.5. The lowest BCUT2D eigenvalue weighted by Gasteiger charge is -2.26. The summed E-state index contributed by atoms with van der Waals surface area (Å²) in [7, 11) is 1.81. The van der Waals surface area contributed by atoms with E-state index in [0.29, 0.717) is 12.0 Å². The largest absolute Gasteiger partial charge is 0.380 e. The SMILES string of the molecule is CCNC(Cc1ccc(C(C)C)cc1)C(CC)OC. The van der Waals surface area contributed by atoms with E-state index in [0.717, 1.165) is 19.4 Å². The number of likely N-dealkylation sites (N-methyl/N-ethyl adjacent to an activating group) is 1. The topological polar surface area (TPSA) is 21.3 Å². The van der Waals surface area contributed by atoms with Gasteiger partial charge in [-0.15, -0.1) is 0 Å². The molecule has 0 radical (unpaired) electrons. The van der Waals surface area contributed by atoms with Gasteiger partial charge in [0, 0.05) is 13.2 Å². The predicted molar refractivity (Wildman–Crippen MR) is 82.8 cm³/mol. The van der Waals surface area contributed by atoms with Crippen molar-refractivity contribution in [2.45, 2.75) is 58.6 Å². The Morgan fingerprint density at radius 2 is 1.74 bits per heavy atom. The summed E-state index contributed by atoms with van der Waals surface area (Å²) >= 11 is 0. The number of nitrogens with one attached hydrogen (secondary N) is 1. The van der Waals surface area contributed by atoms with Crippen molar-refractivity contribution in [3.63, 3.8) is 0 Å². The van der Waals surface area contributed by atoms with Gasteiger partial charge in [-0.25, -0.2) is 0 Å². The zero-order valence-electron chi connectivity index (χ0n) is 13.1. The molecule has 0 aliphatic heterocycles. The second kappa shape index (κ2) is 8.34. The molecule has 2 nitrogen and oxygen atoms in total. The van der Waals surface area contributed by atoms with Gasteiger partial charge in [0.25, 0.3) is 0 Å². The van der Waals surface area contributed by atoms with E-state index >= 15 is 0 Å². The molecule has 0 aromatic heterocycles. The van der Waals surface area contributed by atoms with Crippen molar-refractivity contribution < 1.29 is 4.74 Å².